The van der Waals surface area contributed by atoms with Gasteiger partial charge in [-0.2, -0.15) is 13.2 Å². The summed E-state index contributed by atoms with van der Waals surface area (Å²) in [5.41, 5.74) is 1.75. The van der Waals surface area contributed by atoms with E-state index in [1.807, 2.05) is 32.9 Å². The normalized spacial score (nSPS) is 10.8. The quantitative estimate of drug-likeness (QED) is 0.725. The molecule has 0 aliphatic rings. The first-order chi connectivity index (χ1) is 11.2. The maximum absolute atomic E-state index is 12.0. The van der Waals surface area contributed by atoms with Gasteiger partial charge in [-0.1, -0.05) is 41.9 Å². The van der Waals surface area contributed by atoms with Crippen LogP contribution in [0.4, 0.5) is 13.2 Å². The molecule has 0 spiro atoms. The summed E-state index contributed by atoms with van der Waals surface area (Å²) in [4.78, 5) is 23.2. The summed E-state index contributed by atoms with van der Waals surface area (Å²) in [6.45, 7) is 3.96. The van der Waals surface area contributed by atoms with Crippen LogP contribution in [0, 0.1) is 6.92 Å². The maximum Gasteiger partial charge on any atom is 0.405 e. The lowest BCUT2D eigenvalue weighted by molar-refractivity contribution is -0.139. The average Bonchev–Trinajstić information content (AvgIpc) is 2.54. The minimum Gasteiger partial charge on any atom is -0.345 e. The number of nitrogens with zero attached hydrogens (tertiary/aromatic N) is 1. The Bertz CT molecular complexity index is 575. The molecule has 8 heteroatoms. The summed E-state index contributed by atoms with van der Waals surface area (Å²) in [6, 6.07) is 5.47. The first kappa shape index (κ1) is 22.2. The summed E-state index contributed by atoms with van der Waals surface area (Å²) in [5, 5.41) is 1.70. The number of amides is 2. The van der Waals surface area contributed by atoms with Crippen molar-refractivity contribution < 1.29 is 22.8 Å². The van der Waals surface area contributed by atoms with E-state index in [2.05, 4.69) is 15.9 Å². The number of hydrogen-bond acceptors (Lipinski definition) is 2. The third kappa shape index (κ3) is 8.71. The molecule has 0 radical (unpaired) electrons. The first-order valence-corrected chi connectivity index (χ1v) is 8.00. The van der Waals surface area contributed by atoms with Crippen molar-refractivity contribution in [3.8, 4) is 0 Å². The van der Waals surface area contributed by atoms with Crippen LogP contribution in [-0.4, -0.2) is 36.5 Å². The Morgan fingerprint density at radius 2 is 1.96 bits per heavy atom. The van der Waals surface area contributed by atoms with Gasteiger partial charge in [0.05, 0.1) is 0 Å². The summed E-state index contributed by atoms with van der Waals surface area (Å²) in [6.07, 6.45) is -1.16. The SMILES string of the molecule is CC.Cc1c(Br)cccc1/C=C\N(C=O)CC(=O)NCC(F)(F)F. The van der Waals surface area contributed by atoms with E-state index >= 15 is 0 Å². The third-order valence-corrected chi connectivity index (χ3v) is 3.56. The van der Waals surface area contributed by atoms with E-state index in [1.165, 1.54) is 6.20 Å². The molecule has 0 saturated carbocycles. The Hall–Kier alpha value is -1.83. The Kier molecular flexibility index (Phi) is 10.0. The van der Waals surface area contributed by atoms with Gasteiger partial charge in [-0.25, -0.2) is 0 Å². The van der Waals surface area contributed by atoms with Crippen LogP contribution in [0.5, 0.6) is 0 Å². The fourth-order valence-electron chi connectivity index (χ4n) is 1.53. The minimum absolute atomic E-state index is 0.372. The number of alkyl halides is 3. The smallest absolute Gasteiger partial charge is 0.345 e. The summed E-state index contributed by atoms with van der Waals surface area (Å²) >= 11 is 3.36. The van der Waals surface area contributed by atoms with E-state index in [0.29, 0.717) is 6.41 Å². The molecule has 1 rings (SSSR count). The van der Waals surface area contributed by atoms with E-state index in [9.17, 15) is 22.8 Å². The fraction of sp³-hybridized carbons (Fsp3) is 0.375. The standard InChI is InChI=1S/C14H14BrF3N2O2.C2H6/c1-10-11(3-2-4-12(10)15)5-6-20(9-21)7-13(22)19-8-14(16,17)18;1-2/h2-6,9H,7-8H2,1H3,(H,19,22);1-2H3/b6-5-;. The number of benzene rings is 1. The molecule has 0 atom stereocenters. The van der Waals surface area contributed by atoms with Gasteiger partial charge in [0.1, 0.15) is 13.1 Å². The molecule has 0 bridgehead atoms. The predicted octanol–water partition coefficient (Wildman–Crippen LogP) is 3.89. The highest BCUT2D eigenvalue weighted by atomic mass is 79.9. The van der Waals surface area contributed by atoms with E-state index < -0.39 is 25.2 Å². The van der Waals surface area contributed by atoms with E-state index in [1.54, 1.807) is 17.5 Å². The van der Waals surface area contributed by atoms with Crippen LogP contribution in [0.15, 0.2) is 28.9 Å². The lowest BCUT2D eigenvalue weighted by Gasteiger charge is -2.13. The molecule has 134 valence electrons. The molecule has 1 aromatic carbocycles. The summed E-state index contributed by atoms with van der Waals surface area (Å²) in [7, 11) is 0. The minimum atomic E-state index is -4.48. The molecule has 4 nitrogen and oxygen atoms in total. The lowest BCUT2D eigenvalue weighted by atomic mass is 10.1. The fourth-order valence-corrected chi connectivity index (χ4v) is 1.91. The number of halogens is 4. The van der Waals surface area contributed by atoms with Gasteiger partial charge >= 0.3 is 6.18 Å². The van der Waals surface area contributed by atoms with Gasteiger partial charge in [0, 0.05) is 10.7 Å². The average molecular weight is 409 g/mol. The third-order valence-electron chi connectivity index (χ3n) is 2.70. The molecule has 1 N–H and O–H groups in total. The zero-order chi connectivity index (χ0) is 18.8. The van der Waals surface area contributed by atoms with Gasteiger partial charge in [-0.15, -0.1) is 0 Å². The molecular formula is C16H20BrF3N2O2. The monoisotopic (exact) mass is 408 g/mol. The second-order valence-electron chi connectivity index (χ2n) is 4.44. The first-order valence-electron chi connectivity index (χ1n) is 7.21. The summed E-state index contributed by atoms with van der Waals surface area (Å²) in [5.74, 6) is -0.889. The molecule has 2 amide bonds. The predicted molar refractivity (Wildman–Crippen MR) is 91.1 cm³/mol. The van der Waals surface area contributed by atoms with Gasteiger partial charge < -0.3 is 10.2 Å². The summed E-state index contributed by atoms with van der Waals surface area (Å²) < 4.78 is 36.8. The van der Waals surface area contributed by atoms with Gasteiger partial charge in [0.15, 0.2) is 0 Å². The molecule has 0 saturated heterocycles. The molecule has 0 aliphatic carbocycles. The van der Waals surface area contributed by atoms with Gasteiger partial charge in [-0.05, 0) is 30.2 Å². The molecule has 0 unspecified atom stereocenters. The van der Waals surface area contributed by atoms with Crippen molar-refractivity contribution in [1.82, 2.24) is 10.2 Å². The highest BCUT2D eigenvalue weighted by molar-refractivity contribution is 9.10. The maximum atomic E-state index is 12.0. The zero-order valence-corrected chi connectivity index (χ0v) is 15.2. The number of nitrogens with one attached hydrogen (secondary N) is 1. The largest absolute Gasteiger partial charge is 0.405 e. The molecule has 24 heavy (non-hydrogen) atoms. The van der Waals surface area contributed by atoms with Crippen LogP contribution in [0.2, 0.25) is 0 Å². The number of hydrogen-bond donors (Lipinski definition) is 1. The molecule has 1 aromatic rings. The highest BCUT2D eigenvalue weighted by Gasteiger charge is 2.27. The van der Waals surface area contributed by atoms with Crippen molar-refractivity contribution in [3.63, 3.8) is 0 Å². The van der Waals surface area contributed by atoms with Gasteiger partial charge in [0.2, 0.25) is 12.3 Å². The van der Waals surface area contributed by atoms with Crippen LogP contribution < -0.4 is 5.32 Å². The van der Waals surface area contributed by atoms with Crippen LogP contribution >= 0.6 is 15.9 Å². The van der Waals surface area contributed by atoms with Crippen molar-refractivity contribution >= 4 is 34.3 Å². The topological polar surface area (TPSA) is 49.4 Å². The van der Waals surface area contributed by atoms with Crippen molar-refractivity contribution in [2.24, 2.45) is 0 Å². The van der Waals surface area contributed by atoms with Crippen molar-refractivity contribution in [2.45, 2.75) is 26.9 Å². The van der Waals surface area contributed by atoms with Crippen LogP contribution in [0.3, 0.4) is 0 Å². The van der Waals surface area contributed by atoms with Crippen molar-refractivity contribution in [2.75, 3.05) is 13.1 Å². The second kappa shape index (κ2) is 10.9. The molecule has 0 heterocycles. The van der Waals surface area contributed by atoms with Crippen LogP contribution in [0.1, 0.15) is 25.0 Å². The number of carbonyl (C=O) groups is 2. The van der Waals surface area contributed by atoms with Crippen LogP contribution in [0.25, 0.3) is 6.08 Å². The number of rotatable bonds is 6. The van der Waals surface area contributed by atoms with Gasteiger partial charge in [-0.3, -0.25) is 9.59 Å². The number of carbonyl (C=O) groups excluding carboxylic acids is 2. The lowest BCUT2D eigenvalue weighted by Crippen LogP contribution is -2.39. The van der Waals surface area contributed by atoms with E-state index in [4.69, 9.17) is 0 Å². The van der Waals surface area contributed by atoms with Crippen LogP contribution in [-0.2, 0) is 9.59 Å². The van der Waals surface area contributed by atoms with E-state index in [0.717, 1.165) is 20.5 Å². The molecule has 0 aliphatic heterocycles. The zero-order valence-electron chi connectivity index (χ0n) is 13.7. The molecule has 0 aromatic heterocycles. The highest BCUT2D eigenvalue weighted by Crippen LogP contribution is 2.20. The Labute approximate surface area is 147 Å². The molecular weight excluding hydrogens is 389 g/mol. The molecule has 0 fully saturated rings. The Balaban J connectivity index is 0.00000254. The van der Waals surface area contributed by atoms with E-state index in [-0.39, 0.29) is 0 Å². The second-order valence-corrected chi connectivity index (χ2v) is 5.29. The Morgan fingerprint density at radius 1 is 1.33 bits per heavy atom. The van der Waals surface area contributed by atoms with Crippen molar-refractivity contribution in [3.05, 3.63) is 40.0 Å². The van der Waals surface area contributed by atoms with Crippen molar-refractivity contribution in [1.29, 1.82) is 0 Å². The van der Waals surface area contributed by atoms with Gasteiger partial charge in [0.25, 0.3) is 0 Å². The Morgan fingerprint density at radius 3 is 2.50 bits per heavy atom.